The van der Waals surface area contributed by atoms with Crippen LogP contribution in [-0.4, -0.2) is 26.4 Å². The van der Waals surface area contributed by atoms with E-state index in [1.54, 1.807) is 47.0 Å². The van der Waals surface area contributed by atoms with Crippen LogP contribution in [0.1, 0.15) is 53.4 Å². The Labute approximate surface area is 589 Å². The molecule has 0 atom stereocenters. The quantitative estimate of drug-likeness (QED) is 0.0554. The van der Waals surface area contributed by atoms with Gasteiger partial charge in [-0.25, -0.2) is 0 Å². The van der Waals surface area contributed by atoms with Gasteiger partial charge >= 0.3 is 0 Å². The first-order chi connectivity index (χ1) is 47.5. The molecule has 1 aliphatic heterocycles. The maximum atomic E-state index is 7.39. The molecule has 480 valence electrons. The first-order valence-electron chi connectivity index (χ1n) is 33.0. The highest BCUT2D eigenvalue weighted by Gasteiger charge is 2.32. The second-order valence-electron chi connectivity index (χ2n) is 22.9. The van der Waals surface area contributed by atoms with Crippen LogP contribution in [0.3, 0.4) is 0 Å². The number of rotatable bonds is 24. The minimum atomic E-state index is -1.09. The summed E-state index contributed by atoms with van der Waals surface area (Å²) in [5.41, 5.74) is 0. The van der Waals surface area contributed by atoms with Crippen LogP contribution in [0.15, 0.2) is 330 Å². The van der Waals surface area contributed by atoms with Gasteiger partial charge in [-0.15, -0.1) is 0 Å². The molecule has 4 nitrogen and oxygen atoms in total. The topological polar surface area (TPSA) is 36.9 Å². The fourth-order valence-corrected chi connectivity index (χ4v) is 26.5. The van der Waals surface area contributed by atoms with E-state index >= 15 is 0 Å². The smallest absolute Gasteiger partial charge is 0.147 e. The summed E-state index contributed by atoms with van der Waals surface area (Å²) in [6.07, 6.45) is 3.31. The lowest BCUT2D eigenvalue weighted by Crippen LogP contribution is -2.22. The van der Waals surface area contributed by atoms with Gasteiger partial charge in [-0.05, 0) is 170 Å². The number of benzene rings is 12. The van der Waals surface area contributed by atoms with E-state index in [2.05, 4.69) is 319 Å². The highest BCUT2D eigenvalue weighted by atomic mass is 32.2. The van der Waals surface area contributed by atoms with Crippen molar-refractivity contribution in [1.82, 2.24) is 0 Å². The second-order valence-corrected chi connectivity index (χ2v) is 36.1. The summed E-state index contributed by atoms with van der Waals surface area (Å²) in [7, 11) is -4.37. The van der Waals surface area contributed by atoms with Gasteiger partial charge in [0.2, 0.25) is 0 Å². The second kappa shape index (κ2) is 33.5. The standard InChI is InChI=1S/C84H76O4P4S4/c1-5-49-85-81-73-53-69(89(61-33-17-9-18-34-61)62-35-19-10-20-36-62)54-74(81)94-76-56-71(91(65-41-25-13-26-42-65)66-43-27-14-28-44-66)58-78(83(76)87-51-7-3)96-80-60-72(92(67-45-29-15-30-46-67)68-47-31-16-32-48-68)59-79(84(80)88-52-8-4)95-77-57-70(55-75(93-73)82(77)86-50-6-2)90(63-37-21-11-22-38-63)64-39-23-12-24-40-64/h9-48,53-60H,5-8,49-52H2,1-4H3. The van der Waals surface area contributed by atoms with Crippen molar-refractivity contribution in [3.63, 3.8) is 0 Å². The summed E-state index contributed by atoms with van der Waals surface area (Å²) in [5.74, 6) is 3.40. The molecule has 0 radical (unpaired) electrons. The van der Waals surface area contributed by atoms with Crippen molar-refractivity contribution in [3.8, 4) is 23.0 Å². The summed E-state index contributed by atoms with van der Waals surface area (Å²) in [6.45, 7) is 10.9. The maximum Gasteiger partial charge on any atom is 0.147 e. The number of ether oxygens (including phenoxy) is 4. The third-order valence-electron chi connectivity index (χ3n) is 15.9. The van der Waals surface area contributed by atoms with Gasteiger partial charge in [0.1, 0.15) is 23.0 Å². The molecule has 0 saturated heterocycles. The van der Waals surface area contributed by atoms with Crippen molar-refractivity contribution in [3.05, 3.63) is 291 Å². The fraction of sp³-hybridized carbons (Fsp3) is 0.143. The molecule has 1 aliphatic rings. The van der Waals surface area contributed by atoms with Gasteiger partial charge in [0.15, 0.2) is 0 Å². The Hall–Kier alpha value is -7.04. The lowest BCUT2D eigenvalue weighted by atomic mass is 10.3. The van der Waals surface area contributed by atoms with Crippen molar-refractivity contribution in [2.45, 2.75) is 92.5 Å². The van der Waals surface area contributed by atoms with Gasteiger partial charge in [-0.2, -0.15) is 0 Å². The molecule has 12 heteroatoms. The van der Waals surface area contributed by atoms with E-state index in [1.165, 1.54) is 63.7 Å². The van der Waals surface area contributed by atoms with Gasteiger partial charge in [0.25, 0.3) is 0 Å². The van der Waals surface area contributed by atoms with Crippen molar-refractivity contribution >= 4 is 142 Å². The minimum Gasteiger partial charge on any atom is -0.491 e. The van der Waals surface area contributed by atoms with Crippen LogP contribution in [-0.2, 0) is 0 Å². The maximum absolute atomic E-state index is 7.39. The average molecular weight is 1400 g/mol. The first kappa shape index (κ1) is 67.5. The van der Waals surface area contributed by atoms with Gasteiger partial charge in [0.05, 0.1) is 65.6 Å². The average Bonchev–Trinajstić information content (AvgIpc) is 0.787. The predicted octanol–water partition coefficient (Wildman–Crippen LogP) is 18.8. The fourth-order valence-electron chi connectivity index (χ4n) is 11.6. The number of hydrogen-bond donors (Lipinski definition) is 0. The monoisotopic (exact) mass is 1400 g/mol. The molecule has 96 heavy (non-hydrogen) atoms. The van der Waals surface area contributed by atoms with Gasteiger partial charge in [-0.3, -0.25) is 0 Å². The lowest BCUT2D eigenvalue weighted by molar-refractivity contribution is 0.299. The Morgan fingerprint density at radius 1 is 0.198 bits per heavy atom. The summed E-state index contributed by atoms with van der Waals surface area (Å²) < 4.78 is 29.6. The zero-order valence-corrected chi connectivity index (χ0v) is 61.3. The van der Waals surface area contributed by atoms with Crippen LogP contribution in [0.25, 0.3) is 0 Å². The van der Waals surface area contributed by atoms with Crippen molar-refractivity contribution < 1.29 is 18.9 Å². The van der Waals surface area contributed by atoms with E-state index < -0.39 is 31.7 Å². The van der Waals surface area contributed by atoms with E-state index in [1.807, 2.05) is 0 Å². The zero-order chi connectivity index (χ0) is 65.4. The predicted molar refractivity (Wildman–Crippen MR) is 420 cm³/mol. The van der Waals surface area contributed by atoms with E-state index in [4.69, 9.17) is 18.9 Å². The molecule has 12 aromatic carbocycles. The van der Waals surface area contributed by atoms with E-state index in [-0.39, 0.29) is 0 Å². The SMILES string of the molecule is CCCOc1c2cc(P(c3ccccc3)c3ccccc3)cc1Sc1cc(P(c3ccccc3)c3ccccc3)cc(c1OCCC)Sc1cc(P(c3ccccc3)c3ccccc3)cc(c1OCCC)Sc1cc(P(c3ccccc3)c3ccccc3)cc(c1OCCC)S2. The summed E-state index contributed by atoms with van der Waals surface area (Å²) in [6, 6.07) is 108. The van der Waals surface area contributed by atoms with Gasteiger partial charge in [0, 0.05) is 0 Å². The molecule has 0 spiro atoms. The van der Waals surface area contributed by atoms with Crippen molar-refractivity contribution in [2.24, 2.45) is 0 Å². The van der Waals surface area contributed by atoms with Gasteiger partial charge < -0.3 is 18.9 Å². The third-order valence-corrected chi connectivity index (χ3v) is 29.7. The van der Waals surface area contributed by atoms with Crippen LogP contribution < -0.4 is 82.6 Å². The minimum absolute atomic E-state index is 0.528. The first-order valence-corrected chi connectivity index (χ1v) is 41.7. The molecule has 1 heterocycles. The molecule has 8 bridgehead atoms. The van der Waals surface area contributed by atoms with Crippen LogP contribution in [0, 0.1) is 0 Å². The van der Waals surface area contributed by atoms with Crippen molar-refractivity contribution in [2.75, 3.05) is 26.4 Å². The molecule has 0 fully saturated rings. The Morgan fingerprint density at radius 3 is 0.458 bits per heavy atom. The number of fused-ring (bicyclic) bond motifs is 8. The zero-order valence-electron chi connectivity index (χ0n) is 54.4. The van der Waals surface area contributed by atoms with Crippen LogP contribution in [0.2, 0.25) is 0 Å². The molecule has 0 aliphatic carbocycles. The summed E-state index contributed by atoms with van der Waals surface area (Å²) in [5, 5.41) is 15.1. The molecule has 0 aromatic heterocycles. The lowest BCUT2D eigenvalue weighted by Gasteiger charge is -2.27. The Balaban J connectivity index is 1.18. The highest BCUT2D eigenvalue weighted by molar-refractivity contribution is 8.01. The molecule has 0 amide bonds. The molecule has 0 unspecified atom stereocenters. The molecular weight excluding hydrogens is 1330 g/mol. The van der Waals surface area contributed by atoms with E-state index in [0.29, 0.717) is 26.4 Å². The number of hydrogen-bond acceptors (Lipinski definition) is 8. The molecule has 13 rings (SSSR count). The highest BCUT2D eigenvalue weighted by Crippen LogP contribution is 2.56. The largest absolute Gasteiger partial charge is 0.491 e. The molecule has 0 saturated carbocycles. The van der Waals surface area contributed by atoms with Crippen molar-refractivity contribution in [1.29, 1.82) is 0 Å². The molecule has 12 aromatic rings. The van der Waals surface area contributed by atoms with Crippen LogP contribution in [0.5, 0.6) is 23.0 Å². The van der Waals surface area contributed by atoms with Crippen LogP contribution in [0.4, 0.5) is 0 Å². The molecule has 0 N–H and O–H groups in total. The van der Waals surface area contributed by atoms with E-state index in [9.17, 15) is 0 Å². The molecular formula is C84H76O4P4S4. The van der Waals surface area contributed by atoms with Gasteiger partial charge in [-0.1, -0.05) is 317 Å². The third kappa shape index (κ3) is 15.9. The Bertz CT molecular complexity index is 3660. The summed E-state index contributed by atoms with van der Waals surface area (Å²) in [4.78, 5) is 8.21. The normalized spacial score (nSPS) is 12.1. The van der Waals surface area contributed by atoms with E-state index in [0.717, 1.165) is 87.8 Å². The Morgan fingerprint density at radius 2 is 0.333 bits per heavy atom. The summed E-state index contributed by atoms with van der Waals surface area (Å²) >= 11 is 7.10. The Kier molecular flexibility index (Phi) is 23.5. The van der Waals surface area contributed by atoms with Crippen LogP contribution >= 0.6 is 78.7 Å².